The van der Waals surface area contributed by atoms with E-state index in [1.54, 1.807) is 0 Å². The number of ketones is 1. The van der Waals surface area contributed by atoms with Gasteiger partial charge in [0.1, 0.15) is 5.78 Å². The number of hydrogen-bond donors (Lipinski definition) is 0. The quantitative estimate of drug-likeness (QED) is 0.431. The molecule has 1 amide bonds. The van der Waals surface area contributed by atoms with Gasteiger partial charge in [0.05, 0.1) is 46.1 Å². The molecule has 0 N–H and O–H groups in total. The van der Waals surface area contributed by atoms with E-state index in [1.807, 2.05) is 11.8 Å². The van der Waals surface area contributed by atoms with Gasteiger partial charge in [0.25, 0.3) is 0 Å². The number of nitrogens with zero attached hydrogens (tertiary/aromatic N) is 2. The molecule has 1 aliphatic rings. The van der Waals surface area contributed by atoms with Gasteiger partial charge in [-0.2, -0.15) is 0 Å². The molecule has 7 nitrogen and oxygen atoms in total. The number of piperazine rings is 1. The highest BCUT2D eigenvalue weighted by atomic mass is 16.5. The molecule has 0 spiro atoms. The molecule has 0 unspecified atom stereocenters. The minimum atomic E-state index is 0.173. The van der Waals surface area contributed by atoms with E-state index in [0.29, 0.717) is 58.9 Å². The van der Waals surface area contributed by atoms with Gasteiger partial charge in [0.2, 0.25) is 5.91 Å². The molecule has 0 bridgehead atoms. The SMILES string of the molecule is CCC(=O)CCOCCOCCOCCC(=O)N1CCN(CC)CC1. The van der Waals surface area contributed by atoms with Crippen molar-refractivity contribution >= 4 is 11.7 Å². The Kier molecular flexibility index (Phi) is 12.5. The second-order valence-electron chi connectivity index (χ2n) is 6.04. The maximum atomic E-state index is 12.1. The first-order valence-electron chi connectivity index (χ1n) is 9.42. The predicted molar refractivity (Wildman–Crippen MR) is 95.7 cm³/mol. The Balaban J connectivity index is 1.85. The number of carbonyl (C=O) groups is 2. The van der Waals surface area contributed by atoms with E-state index >= 15 is 0 Å². The van der Waals surface area contributed by atoms with Gasteiger partial charge in [-0.15, -0.1) is 0 Å². The highest BCUT2D eigenvalue weighted by Gasteiger charge is 2.19. The van der Waals surface area contributed by atoms with Crippen molar-refractivity contribution in [3.63, 3.8) is 0 Å². The van der Waals surface area contributed by atoms with Gasteiger partial charge in [-0.1, -0.05) is 13.8 Å². The maximum absolute atomic E-state index is 12.1. The van der Waals surface area contributed by atoms with Crippen molar-refractivity contribution in [2.45, 2.75) is 33.1 Å². The van der Waals surface area contributed by atoms with E-state index in [1.165, 1.54) is 0 Å². The van der Waals surface area contributed by atoms with Crippen LogP contribution in [0.1, 0.15) is 33.1 Å². The zero-order valence-electron chi connectivity index (χ0n) is 15.8. The van der Waals surface area contributed by atoms with Crippen molar-refractivity contribution in [3.05, 3.63) is 0 Å². The summed E-state index contributed by atoms with van der Waals surface area (Å²) in [4.78, 5) is 27.4. The van der Waals surface area contributed by atoms with E-state index in [4.69, 9.17) is 14.2 Å². The van der Waals surface area contributed by atoms with Gasteiger partial charge in [0.15, 0.2) is 0 Å². The van der Waals surface area contributed by atoms with Gasteiger partial charge < -0.3 is 24.0 Å². The molecule has 0 aliphatic carbocycles. The summed E-state index contributed by atoms with van der Waals surface area (Å²) in [7, 11) is 0. The summed E-state index contributed by atoms with van der Waals surface area (Å²) >= 11 is 0. The lowest BCUT2D eigenvalue weighted by Crippen LogP contribution is -2.48. The Hall–Kier alpha value is -1.02. The zero-order valence-corrected chi connectivity index (χ0v) is 15.8. The normalized spacial score (nSPS) is 15.5. The summed E-state index contributed by atoms with van der Waals surface area (Å²) in [6, 6.07) is 0. The first-order chi connectivity index (χ1) is 12.2. The van der Waals surface area contributed by atoms with Gasteiger partial charge in [-0.25, -0.2) is 0 Å². The van der Waals surface area contributed by atoms with E-state index in [0.717, 1.165) is 32.7 Å². The van der Waals surface area contributed by atoms with Crippen LogP contribution in [0.3, 0.4) is 0 Å². The van der Waals surface area contributed by atoms with Gasteiger partial charge in [-0.05, 0) is 6.54 Å². The van der Waals surface area contributed by atoms with Crippen LogP contribution in [0.4, 0.5) is 0 Å². The standard InChI is InChI=1S/C18H34N2O5/c1-3-17(21)5-11-23-13-15-25-16-14-24-12-6-18(22)20-9-7-19(4-2)8-10-20/h3-16H2,1-2H3. The highest BCUT2D eigenvalue weighted by molar-refractivity contribution is 5.78. The third-order valence-electron chi connectivity index (χ3n) is 4.30. The van der Waals surface area contributed by atoms with Crippen LogP contribution in [-0.2, 0) is 23.8 Å². The Morgan fingerprint density at radius 1 is 0.760 bits per heavy atom. The molecule has 0 aromatic carbocycles. The van der Waals surface area contributed by atoms with Crippen LogP contribution in [0.15, 0.2) is 0 Å². The van der Waals surface area contributed by atoms with Crippen LogP contribution in [-0.4, -0.2) is 93.9 Å². The molecule has 25 heavy (non-hydrogen) atoms. The second-order valence-corrected chi connectivity index (χ2v) is 6.04. The highest BCUT2D eigenvalue weighted by Crippen LogP contribution is 2.03. The smallest absolute Gasteiger partial charge is 0.224 e. The second kappa shape index (κ2) is 14.2. The predicted octanol–water partition coefficient (Wildman–Crippen LogP) is 0.960. The average Bonchev–Trinajstić information content (AvgIpc) is 2.65. The van der Waals surface area contributed by atoms with Crippen LogP contribution >= 0.6 is 0 Å². The molecule has 0 atom stereocenters. The molecule has 1 rings (SSSR count). The van der Waals surface area contributed by atoms with Crippen molar-refractivity contribution < 1.29 is 23.8 Å². The summed E-state index contributed by atoms with van der Waals surface area (Å²) < 4.78 is 16.1. The van der Waals surface area contributed by atoms with E-state index in [9.17, 15) is 9.59 Å². The summed E-state index contributed by atoms with van der Waals surface area (Å²) in [5, 5.41) is 0. The minimum Gasteiger partial charge on any atom is -0.379 e. The summed E-state index contributed by atoms with van der Waals surface area (Å²) in [6.45, 7) is 11.4. The van der Waals surface area contributed by atoms with Crippen molar-refractivity contribution in [2.24, 2.45) is 0 Å². The first-order valence-corrected chi connectivity index (χ1v) is 9.42. The number of hydrogen-bond acceptors (Lipinski definition) is 6. The number of ether oxygens (including phenoxy) is 3. The number of Topliss-reactive ketones (excluding diaryl/α,β-unsaturated/α-hetero) is 1. The van der Waals surface area contributed by atoms with Crippen LogP contribution in [0.2, 0.25) is 0 Å². The van der Waals surface area contributed by atoms with Gasteiger partial charge >= 0.3 is 0 Å². The Morgan fingerprint density at radius 2 is 1.28 bits per heavy atom. The molecule has 7 heteroatoms. The molecular weight excluding hydrogens is 324 g/mol. The fourth-order valence-electron chi connectivity index (χ4n) is 2.54. The topological polar surface area (TPSA) is 68.3 Å². The molecule has 0 aromatic heterocycles. The van der Waals surface area contributed by atoms with Gasteiger partial charge in [-0.3, -0.25) is 9.59 Å². The molecular formula is C18H34N2O5. The summed E-state index contributed by atoms with van der Waals surface area (Å²) in [5.41, 5.74) is 0. The third-order valence-corrected chi connectivity index (χ3v) is 4.30. The zero-order chi connectivity index (χ0) is 18.3. The van der Waals surface area contributed by atoms with Crippen molar-refractivity contribution in [1.29, 1.82) is 0 Å². The fraction of sp³-hybridized carbons (Fsp3) is 0.889. The van der Waals surface area contributed by atoms with Crippen LogP contribution in [0.5, 0.6) is 0 Å². The molecule has 0 aromatic rings. The van der Waals surface area contributed by atoms with Crippen molar-refractivity contribution in [1.82, 2.24) is 9.80 Å². The fourth-order valence-corrected chi connectivity index (χ4v) is 2.54. The number of carbonyl (C=O) groups excluding carboxylic acids is 2. The van der Waals surface area contributed by atoms with E-state index in [2.05, 4.69) is 11.8 Å². The molecule has 1 aliphatic heterocycles. The monoisotopic (exact) mass is 358 g/mol. The van der Waals surface area contributed by atoms with Gasteiger partial charge in [0, 0.05) is 39.0 Å². The van der Waals surface area contributed by atoms with Crippen LogP contribution < -0.4 is 0 Å². The Morgan fingerprint density at radius 3 is 1.80 bits per heavy atom. The lowest BCUT2D eigenvalue weighted by atomic mass is 10.2. The van der Waals surface area contributed by atoms with E-state index in [-0.39, 0.29) is 11.7 Å². The lowest BCUT2D eigenvalue weighted by molar-refractivity contribution is -0.134. The maximum Gasteiger partial charge on any atom is 0.224 e. The largest absolute Gasteiger partial charge is 0.379 e. The summed E-state index contributed by atoms with van der Waals surface area (Å²) in [6.07, 6.45) is 1.47. The molecule has 146 valence electrons. The average molecular weight is 358 g/mol. The lowest BCUT2D eigenvalue weighted by Gasteiger charge is -2.34. The van der Waals surface area contributed by atoms with Crippen LogP contribution in [0.25, 0.3) is 0 Å². The van der Waals surface area contributed by atoms with Crippen LogP contribution in [0, 0.1) is 0 Å². The van der Waals surface area contributed by atoms with E-state index < -0.39 is 0 Å². The number of rotatable bonds is 14. The molecule has 1 fully saturated rings. The van der Waals surface area contributed by atoms with Crippen molar-refractivity contribution in [2.75, 3.05) is 72.4 Å². The minimum absolute atomic E-state index is 0.173. The first kappa shape index (κ1) is 22.0. The number of amides is 1. The molecule has 0 radical (unpaired) electrons. The van der Waals surface area contributed by atoms with Crippen molar-refractivity contribution in [3.8, 4) is 0 Å². The number of likely N-dealkylation sites (N-methyl/N-ethyl adjacent to an activating group) is 1. The molecule has 0 saturated carbocycles. The molecule has 1 heterocycles. The molecule has 1 saturated heterocycles. The summed E-state index contributed by atoms with van der Waals surface area (Å²) in [5.74, 6) is 0.391. The third kappa shape index (κ3) is 10.5. The Labute approximate surface area is 151 Å². The Bertz CT molecular complexity index is 370.